The Morgan fingerprint density at radius 3 is 2.84 bits per heavy atom. The molecule has 0 aromatic carbocycles. The van der Waals surface area contributed by atoms with Gasteiger partial charge in [-0.1, -0.05) is 18.5 Å². The lowest BCUT2D eigenvalue weighted by Gasteiger charge is -2.11. The molecule has 0 saturated heterocycles. The molecule has 2 N–H and O–H groups in total. The molecule has 19 heavy (non-hydrogen) atoms. The first-order chi connectivity index (χ1) is 9.24. The van der Waals surface area contributed by atoms with Crippen LogP contribution in [-0.4, -0.2) is 16.7 Å². The van der Waals surface area contributed by atoms with Crippen LogP contribution in [0.15, 0.2) is 21.3 Å². The summed E-state index contributed by atoms with van der Waals surface area (Å²) in [7, 11) is 0. The number of aromatic nitrogens is 2. The SMILES string of the molecule is CCC(CCN)CCc1nc(-c2occc2C)no1. The summed E-state index contributed by atoms with van der Waals surface area (Å²) < 4.78 is 10.6. The zero-order valence-corrected chi connectivity index (χ0v) is 11.6. The zero-order valence-electron chi connectivity index (χ0n) is 11.6. The maximum atomic E-state index is 5.60. The van der Waals surface area contributed by atoms with Crippen LogP contribution < -0.4 is 5.73 Å². The molecule has 2 rings (SSSR count). The fraction of sp³-hybridized carbons (Fsp3) is 0.571. The van der Waals surface area contributed by atoms with Crippen molar-refractivity contribution < 1.29 is 8.94 Å². The van der Waals surface area contributed by atoms with E-state index in [1.54, 1.807) is 6.26 Å². The van der Waals surface area contributed by atoms with Crippen LogP contribution in [0.5, 0.6) is 0 Å². The van der Waals surface area contributed by atoms with Crippen molar-refractivity contribution in [2.45, 2.75) is 39.5 Å². The van der Waals surface area contributed by atoms with Gasteiger partial charge in [0.05, 0.1) is 6.26 Å². The van der Waals surface area contributed by atoms with E-state index in [2.05, 4.69) is 17.1 Å². The minimum Gasteiger partial charge on any atom is -0.461 e. The predicted octanol–water partition coefficient (Wildman–Crippen LogP) is 2.95. The van der Waals surface area contributed by atoms with Crippen LogP contribution in [0.2, 0.25) is 0 Å². The normalized spacial score (nSPS) is 12.8. The Morgan fingerprint density at radius 1 is 1.37 bits per heavy atom. The molecule has 0 bridgehead atoms. The lowest BCUT2D eigenvalue weighted by molar-refractivity contribution is 0.353. The van der Waals surface area contributed by atoms with Crippen molar-refractivity contribution in [3.8, 4) is 11.6 Å². The highest BCUT2D eigenvalue weighted by Gasteiger charge is 2.14. The van der Waals surface area contributed by atoms with E-state index in [0.717, 1.165) is 37.8 Å². The first kappa shape index (κ1) is 13.8. The highest BCUT2D eigenvalue weighted by molar-refractivity contribution is 5.50. The van der Waals surface area contributed by atoms with Gasteiger partial charge in [0, 0.05) is 6.42 Å². The van der Waals surface area contributed by atoms with Crippen molar-refractivity contribution in [1.82, 2.24) is 10.1 Å². The average Bonchev–Trinajstić information content (AvgIpc) is 3.03. The Morgan fingerprint density at radius 2 is 2.21 bits per heavy atom. The molecular formula is C14H21N3O2. The van der Waals surface area contributed by atoms with Crippen molar-refractivity contribution in [2.75, 3.05) is 6.54 Å². The third-order valence-electron chi connectivity index (χ3n) is 3.45. The monoisotopic (exact) mass is 263 g/mol. The second-order valence-electron chi connectivity index (χ2n) is 4.83. The molecule has 5 heteroatoms. The van der Waals surface area contributed by atoms with Crippen LogP contribution in [0.3, 0.4) is 0 Å². The number of hydrogen-bond donors (Lipinski definition) is 1. The van der Waals surface area contributed by atoms with Crippen molar-refractivity contribution in [2.24, 2.45) is 11.7 Å². The summed E-state index contributed by atoms with van der Waals surface area (Å²) in [4.78, 5) is 4.38. The Labute approximate surface area is 113 Å². The summed E-state index contributed by atoms with van der Waals surface area (Å²) in [5, 5.41) is 3.96. The van der Waals surface area contributed by atoms with Gasteiger partial charge in [-0.3, -0.25) is 0 Å². The van der Waals surface area contributed by atoms with Gasteiger partial charge in [0.2, 0.25) is 11.7 Å². The van der Waals surface area contributed by atoms with Gasteiger partial charge in [-0.2, -0.15) is 4.98 Å². The molecule has 0 aliphatic heterocycles. The molecule has 0 radical (unpaired) electrons. The van der Waals surface area contributed by atoms with Gasteiger partial charge in [0.25, 0.3) is 0 Å². The van der Waals surface area contributed by atoms with E-state index in [1.807, 2.05) is 13.0 Å². The molecular weight excluding hydrogens is 242 g/mol. The average molecular weight is 263 g/mol. The minimum absolute atomic E-state index is 0.532. The topological polar surface area (TPSA) is 78.1 Å². The molecule has 0 saturated carbocycles. The summed E-state index contributed by atoms with van der Waals surface area (Å²) in [6, 6.07) is 1.89. The Hall–Kier alpha value is -1.62. The summed E-state index contributed by atoms with van der Waals surface area (Å²) in [6.45, 7) is 4.88. The largest absolute Gasteiger partial charge is 0.461 e. The first-order valence-electron chi connectivity index (χ1n) is 6.81. The van der Waals surface area contributed by atoms with E-state index in [-0.39, 0.29) is 0 Å². The maximum absolute atomic E-state index is 5.60. The fourth-order valence-corrected chi connectivity index (χ4v) is 2.17. The van der Waals surface area contributed by atoms with Gasteiger partial charge >= 0.3 is 0 Å². The Kier molecular flexibility index (Phi) is 4.74. The molecule has 0 amide bonds. The quantitative estimate of drug-likeness (QED) is 0.830. The maximum Gasteiger partial charge on any atom is 0.238 e. The number of aryl methyl sites for hydroxylation is 2. The third-order valence-corrected chi connectivity index (χ3v) is 3.45. The van der Waals surface area contributed by atoms with Gasteiger partial charge in [0.15, 0.2) is 5.76 Å². The van der Waals surface area contributed by atoms with Crippen LogP contribution in [0.4, 0.5) is 0 Å². The molecule has 5 nitrogen and oxygen atoms in total. The second-order valence-corrected chi connectivity index (χ2v) is 4.83. The fourth-order valence-electron chi connectivity index (χ4n) is 2.17. The van der Waals surface area contributed by atoms with E-state index >= 15 is 0 Å². The molecule has 104 valence electrons. The molecule has 0 spiro atoms. The van der Waals surface area contributed by atoms with Crippen LogP contribution in [0.1, 0.15) is 37.6 Å². The minimum atomic E-state index is 0.532. The van der Waals surface area contributed by atoms with Gasteiger partial charge in [-0.25, -0.2) is 0 Å². The molecule has 0 aliphatic rings. The van der Waals surface area contributed by atoms with Crippen molar-refractivity contribution in [1.29, 1.82) is 0 Å². The van der Waals surface area contributed by atoms with Crippen molar-refractivity contribution >= 4 is 0 Å². The van der Waals surface area contributed by atoms with Crippen LogP contribution >= 0.6 is 0 Å². The smallest absolute Gasteiger partial charge is 0.238 e. The summed E-state index contributed by atoms with van der Waals surface area (Å²) >= 11 is 0. The van der Waals surface area contributed by atoms with Gasteiger partial charge in [-0.05, 0) is 43.9 Å². The third kappa shape index (κ3) is 3.44. The van der Waals surface area contributed by atoms with Gasteiger partial charge < -0.3 is 14.7 Å². The van der Waals surface area contributed by atoms with Crippen molar-refractivity contribution in [3.63, 3.8) is 0 Å². The van der Waals surface area contributed by atoms with Crippen LogP contribution in [0, 0.1) is 12.8 Å². The molecule has 0 fully saturated rings. The van der Waals surface area contributed by atoms with Gasteiger partial charge in [0.1, 0.15) is 0 Å². The van der Waals surface area contributed by atoms with E-state index in [0.29, 0.717) is 23.4 Å². The summed E-state index contributed by atoms with van der Waals surface area (Å²) in [5.74, 6) is 2.51. The van der Waals surface area contributed by atoms with Crippen molar-refractivity contribution in [3.05, 3.63) is 23.8 Å². The summed E-state index contributed by atoms with van der Waals surface area (Å²) in [6.07, 6.45) is 5.65. The first-order valence-corrected chi connectivity index (χ1v) is 6.81. The highest BCUT2D eigenvalue weighted by atomic mass is 16.5. The molecule has 2 aromatic rings. The molecule has 1 atom stereocenters. The van der Waals surface area contributed by atoms with E-state index in [1.165, 1.54) is 0 Å². The Balaban J connectivity index is 1.96. The van der Waals surface area contributed by atoms with Crippen LogP contribution in [-0.2, 0) is 6.42 Å². The molecule has 1 unspecified atom stereocenters. The van der Waals surface area contributed by atoms with E-state index in [9.17, 15) is 0 Å². The van der Waals surface area contributed by atoms with E-state index in [4.69, 9.17) is 14.7 Å². The molecule has 2 aromatic heterocycles. The lowest BCUT2D eigenvalue weighted by atomic mass is 9.97. The number of nitrogens with two attached hydrogens (primary N) is 1. The second kappa shape index (κ2) is 6.52. The van der Waals surface area contributed by atoms with E-state index < -0.39 is 0 Å². The predicted molar refractivity (Wildman–Crippen MR) is 72.5 cm³/mol. The summed E-state index contributed by atoms with van der Waals surface area (Å²) in [5.41, 5.74) is 6.61. The van der Waals surface area contributed by atoms with Crippen LogP contribution in [0.25, 0.3) is 11.6 Å². The number of nitrogens with zero attached hydrogens (tertiary/aromatic N) is 2. The molecule has 2 heterocycles. The standard InChI is InChI=1S/C14H21N3O2/c1-3-11(6-8-15)4-5-12-16-14(17-19-12)13-10(2)7-9-18-13/h7,9,11H,3-6,8,15H2,1-2H3. The zero-order chi connectivity index (χ0) is 13.7. The number of hydrogen-bond acceptors (Lipinski definition) is 5. The lowest BCUT2D eigenvalue weighted by Crippen LogP contribution is -2.09. The van der Waals surface area contributed by atoms with Gasteiger partial charge in [-0.15, -0.1) is 0 Å². The number of furan rings is 1. The molecule has 0 aliphatic carbocycles. The highest BCUT2D eigenvalue weighted by Crippen LogP contribution is 2.22. The number of rotatable bonds is 7. The Bertz CT molecular complexity index is 504.